The summed E-state index contributed by atoms with van der Waals surface area (Å²) in [6.07, 6.45) is 2.61. The van der Waals surface area contributed by atoms with E-state index in [2.05, 4.69) is 45.2 Å². The number of halogens is 2. The summed E-state index contributed by atoms with van der Waals surface area (Å²) in [5.41, 5.74) is 1.23. The van der Waals surface area contributed by atoms with Crippen molar-refractivity contribution in [1.82, 2.24) is 15.1 Å². The zero-order valence-corrected chi connectivity index (χ0v) is 18.9. The van der Waals surface area contributed by atoms with Crippen molar-refractivity contribution in [3.8, 4) is 0 Å². The summed E-state index contributed by atoms with van der Waals surface area (Å²) in [6.45, 7) is 6.15. The maximum atomic E-state index is 11.6. The first-order valence-corrected chi connectivity index (χ1v) is 9.41. The van der Waals surface area contributed by atoms with Gasteiger partial charge in [0, 0.05) is 50.7 Å². The number of carbonyl (C=O) groups is 1. The molecule has 5 nitrogen and oxygen atoms in total. The van der Waals surface area contributed by atoms with Gasteiger partial charge in [-0.15, -0.1) is 24.0 Å². The molecule has 0 aromatic heterocycles. The molecular formula is C18H28BrIN4O. The van der Waals surface area contributed by atoms with Crippen LogP contribution in [0.25, 0.3) is 0 Å². The van der Waals surface area contributed by atoms with Gasteiger partial charge in [0.25, 0.3) is 0 Å². The lowest BCUT2D eigenvalue weighted by Gasteiger charge is -2.23. The Morgan fingerprint density at radius 2 is 2.16 bits per heavy atom. The minimum Gasteiger partial charge on any atom is -0.357 e. The summed E-state index contributed by atoms with van der Waals surface area (Å²) < 4.78 is 1.11. The normalized spacial score (nSPS) is 14.4. The maximum Gasteiger partial charge on any atom is 0.222 e. The van der Waals surface area contributed by atoms with Crippen LogP contribution in [0, 0.1) is 0 Å². The van der Waals surface area contributed by atoms with E-state index >= 15 is 0 Å². The molecule has 0 unspecified atom stereocenters. The fourth-order valence-corrected chi connectivity index (χ4v) is 3.22. The van der Waals surface area contributed by atoms with Gasteiger partial charge in [-0.25, -0.2) is 0 Å². The molecule has 1 fully saturated rings. The van der Waals surface area contributed by atoms with E-state index in [1.54, 1.807) is 0 Å². The smallest absolute Gasteiger partial charge is 0.222 e. The van der Waals surface area contributed by atoms with Crippen molar-refractivity contribution < 1.29 is 4.79 Å². The van der Waals surface area contributed by atoms with Crippen LogP contribution in [-0.2, 0) is 11.3 Å². The third-order valence-electron chi connectivity index (χ3n) is 4.08. The molecule has 0 radical (unpaired) electrons. The SMILES string of the molecule is CCNC(=NCCCN1CCCC1=O)N(C)Cc1ccccc1Br.I. The first kappa shape index (κ1) is 22.2. The summed E-state index contributed by atoms with van der Waals surface area (Å²) in [5.74, 6) is 1.19. The Labute approximate surface area is 176 Å². The van der Waals surface area contributed by atoms with Crippen molar-refractivity contribution in [3.63, 3.8) is 0 Å². The molecule has 2 rings (SSSR count). The summed E-state index contributed by atoms with van der Waals surface area (Å²) >= 11 is 3.60. The molecular weight excluding hydrogens is 495 g/mol. The minimum atomic E-state index is 0. The number of carbonyl (C=O) groups excluding carboxylic acids is 1. The molecule has 25 heavy (non-hydrogen) atoms. The third kappa shape index (κ3) is 7.13. The lowest BCUT2D eigenvalue weighted by atomic mass is 10.2. The first-order valence-electron chi connectivity index (χ1n) is 8.62. The van der Waals surface area contributed by atoms with Crippen molar-refractivity contribution >= 4 is 51.8 Å². The second kappa shape index (κ2) is 11.7. The van der Waals surface area contributed by atoms with Crippen molar-refractivity contribution in [3.05, 3.63) is 34.3 Å². The van der Waals surface area contributed by atoms with Crippen LogP contribution in [0.3, 0.4) is 0 Å². The van der Waals surface area contributed by atoms with Crippen LogP contribution in [0.2, 0.25) is 0 Å². The molecule has 1 saturated heterocycles. The molecule has 1 aromatic rings. The largest absolute Gasteiger partial charge is 0.357 e. The van der Waals surface area contributed by atoms with Gasteiger partial charge in [0.15, 0.2) is 5.96 Å². The molecule has 1 N–H and O–H groups in total. The van der Waals surface area contributed by atoms with Gasteiger partial charge in [-0.2, -0.15) is 0 Å². The number of hydrogen-bond donors (Lipinski definition) is 1. The topological polar surface area (TPSA) is 47.9 Å². The highest BCUT2D eigenvalue weighted by molar-refractivity contribution is 14.0. The van der Waals surface area contributed by atoms with Gasteiger partial charge in [0.2, 0.25) is 5.91 Å². The molecule has 0 aliphatic carbocycles. The highest BCUT2D eigenvalue weighted by Crippen LogP contribution is 2.17. The van der Waals surface area contributed by atoms with E-state index in [-0.39, 0.29) is 29.9 Å². The summed E-state index contributed by atoms with van der Waals surface area (Å²) in [6, 6.07) is 8.24. The van der Waals surface area contributed by atoms with Gasteiger partial charge in [-0.05, 0) is 31.4 Å². The van der Waals surface area contributed by atoms with Gasteiger partial charge < -0.3 is 15.1 Å². The number of rotatable bonds is 7. The zero-order valence-electron chi connectivity index (χ0n) is 15.0. The van der Waals surface area contributed by atoms with Crippen LogP contribution in [0.15, 0.2) is 33.7 Å². The molecule has 0 spiro atoms. The Bertz CT molecular complexity index is 582. The van der Waals surface area contributed by atoms with Gasteiger partial charge in [0.05, 0.1) is 0 Å². The molecule has 1 amide bonds. The summed E-state index contributed by atoms with van der Waals surface area (Å²) in [4.78, 5) is 20.4. The number of aliphatic imine (C=N–C) groups is 1. The van der Waals surface area contributed by atoms with Crippen LogP contribution in [0.5, 0.6) is 0 Å². The Hall–Kier alpha value is -0.830. The molecule has 1 aromatic carbocycles. The number of hydrogen-bond acceptors (Lipinski definition) is 2. The van der Waals surface area contributed by atoms with Crippen LogP contribution in [-0.4, -0.2) is 54.9 Å². The quantitative estimate of drug-likeness (QED) is 0.258. The van der Waals surface area contributed by atoms with E-state index in [4.69, 9.17) is 4.99 Å². The Morgan fingerprint density at radius 3 is 2.80 bits per heavy atom. The Balaban J connectivity index is 0.00000312. The van der Waals surface area contributed by atoms with E-state index in [9.17, 15) is 4.79 Å². The molecule has 140 valence electrons. The monoisotopic (exact) mass is 522 g/mol. The number of likely N-dealkylation sites (tertiary alicyclic amines) is 1. The van der Waals surface area contributed by atoms with Crippen LogP contribution in [0.4, 0.5) is 0 Å². The summed E-state index contributed by atoms with van der Waals surface area (Å²) in [7, 11) is 2.05. The second-order valence-corrected chi connectivity index (χ2v) is 6.88. The van der Waals surface area contributed by atoms with Crippen molar-refractivity contribution in [1.29, 1.82) is 0 Å². The zero-order chi connectivity index (χ0) is 17.4. The van der Waals surface area contributed by atoms with Crippen LogP contribution < -0.4 is 5.32 Å². The first-order chi connectivity index (χ1) is 11.6. The molecule has 0 atom stereocenters. The molecule has 0 bridgehead atoms. The van der Waals surface area contributed by atoms with Gasteiger partial charge in [-0.1, -0.05) is 34.1 Å². The number of nitrogens with one attached hydrogen (secondary N) is 1. The number of amides is 1. The Morgan fingerprint density at radius 1 is 1.40 bits per heavy atom. The third-order valence-corrected chi connectivity index (χ3v) is 4.85. The number of guanidine groups is 1. The second-order valence-electron chi connectivity index (χ2n) is 6.02. The average molecular weight is 523 g/mol. The molecule has 0 saturated carbocycles. The van der Waals surface area contributed by atoms with E-state index in [0.29, 0.717) is 6.42 Å². The van der Waals surface area contributed by atoms with E-state index in [0.717, 1.165) is 56.0 Å². The van der Waals surface area contributed by atoms with Gasteiger partial charge in [-0.3, -0.25) is 9.79 Å². The van der Waals surface area contributed by atoms with Crippen LogP contribution in [0.1, 0.15) is 31.7 Å². The van der Waals surface area contributed by atoms with Crippen molar-refractivity contribution in [2.24, 2.45) is 4.99 Å². The van der Waals surface area contributed by atoms with Crippen molar-refractivity contribution in [2.45, 2.75) is 32.7 Å². The summed E-state index contributed by atoms with van der Waals surface area (Å²) in [5, 5.41) is 3.34. The molecule has 7 heteroatoms. The fraction of sp³-hybridized carbons (Fsp3) is 0.556. The lowest BCUT2D eigenvalue weighted by molar-refractivity contribution is -0.127. The maximum absolute atomic E-state index is 11.6. The fourth-order valence-electron chi connectivity index (χ4n) is 2.81. The highest BCUT2D eigenvalue weighted by atomic mass is 127. The number of benzene rings is 1. The van der Waals surface area contributed by atoms with E-state index < -0.39 is 0 Å². The molecule has 1 aliphatic rings. The Kier molecular flexibility index (Phi) is 10.4. The van der Waals surface area contributed by atoms with Gasteiger partial charge in [0.1, 0.15) is 0 Å². The molecule has 1 heterocycles. The predicted molar refractivity (Wildman–Crippen MR) is 117 cm³/mol. The van der Waals surface area contributed by atoms with E-state index in [1.807, 2.05) is 24.1 Å². The predicted octanol–water partition coefficient (Wildman–Crippen LogP) is 3.48. The lowest BCUT2D eigenvalue weighted by Crippen LogP contribution is -2.38. The van der Waals surface area contributed by atoms with Gasteiger partial charge >= 0.3 is 0 Å². The van der Waals surface area contributed by atoms with Crippen molar-refractivity contribution in [2.75, 3.05) is 33.2 Å². The standard InChI is InChI=1S/C18H27BrN4O.HI/c1-3-20-18(21-11-7-13-23-12-6-10-17(23)24)22(2)14-15-8-4-5-9-16(15)19;/h4-5,8-9H,3,6-7,10-14H2,1-2H3,(H,20,21);1H. The average Bonchev–Trinajstić information content (AvgIpc) is 2.97. The molecule has 1 aliphatic heterocycles. The highest BCUT2D eigenvalue weighted by Gasteiger charge is 2.19. The van der Waals surface area contributed by atoms with Crippen LogP contribution >= 0.6 is 39.9 Å². The minimum absolute atomic E-state index is 0. The number of nitrogens with zero attached hydrogens (tertiary/aromatic N) is 3. The van der Waals surface area contributed by atoms with E-state index in [1.165, 1.54) is 5.56 Å².